The van der Waals surface area contributed by atoms with Crippen molar-refractivity contribution >= 4 is 65.2 Å². The van der Waals surface area contributed by atoms with Crippen LogP contribution < -0.4 is 32.8 Å². The number of H-pyrrole nitrogens is 2. The van der Waals surface area contributed by atoms with Crippen molar-refractivity contribution in [2.45, 2.75) is 86.8 Å². The molecule has 0 spiro atoms. The minimum absolute atomic E-state index is 0.00918. The average Bonchev–Trinajstić information content (AvgIpc) is 4.16. The Kier molecular flexibility index (Phi) is 17.2. The summed E-state index contributed by atoms with van der Waals surface area (Å²) in [4.78, 5) is 101. The second-order valence-electron chi connectivity index (χ2n) is 17.3. The van der Waals surface area contributed by atoms with Crippen molar-refractivity contribution in [2.75, 3.05) is 51.6 Å². The van der Waals surface area contributed by atoms with Crippen molar-refractivity contribution < 1.29 is 104 Å². The van der Waals surface area contributed by atoms with E-state index in [-0.39, 0.29) is 47.3 Å². The van der Waals surface area contributed by atoms with Crippen LogP contribution in [0.5, 0.6) is 0 Å². The van der Waals surface area contributed by atoms with Crippen LogP contribution >= 0.6 is 31.1 Å². The number of nitrogen functional groups attached to an aromatic ring is 2. The Morgan fingerprint density at radius 2 is 1.47 bits per heavy atom. The number of unbranched alkanes of at least 4 members (excludes halogenated alkanes) is 1. The number of nitrogens with zero attached hydrogens (tertiary/aromatic N) is 8. The van der Waals surface area contributed by atoms with Crippen LogP contribution in [0.1, 0.15) is 38.4 Å². The van der Waals surface area contributed by atoms with Crippen molar-refractivity contribution in [3.63, 3.8) is 0 Å². The molecule has 40 heteroatoms. The van der Waals surface area contributed by atoms with Gasteiger partial charge in [-0.2, -0.15) is 8.62 Å². The molecule has 3 aliphatic rings. The fourth-order valence-corrected chi connectivity index (χ4v) is 14.0. The fraction of sp³-hybridized carbons (Fsp3) is 0.611. The summed E-state index contributed by atoms with van der Waals surface area (Å²) in [6.45, 7) is -1.79. The van der Waals surface area contributed by atoms with Crippen LogP contribution in [-0.4, -0.2) is 167 Å². The molecule has 3 saturated heterocycles. The fourth-order valence-electron chi connectivity index (χ4n) is 8.76. The molecule has 8 rings (SSSR count). The number of anilines is 2. The third kappa shape index (κ3) is 12.2. The lowest BCUT2D eigenvalue weighted by Crippen LogP contribution is -2.45. The van der Waals surface area contributed by atoms with E-state index in [2.05, 4.69) is 33.5 Å². The van der Waals surface area contributed by atoms with Gasteiger partial charge in [-0.3, -0.25) is 46.9 Å². The van der Waals surface area contributed by atoms with E-state index in [0.717, 1.165) is 29.5 Å². The first kappa shape index (κ1) is 57.6. The number of fused-ring (bicyclic) bond motifs is 2. The number of rotatable bonds is 23. The molecule has 0 aromatic carbocycles. The summed E-state index contributed by atoms with van der Waals surface area (Å²) < 4.78 is 112. The molecule has 4 unspecified atom stereocenters. The smallest absolute Gasteiger partial charge is 0.387 e. The molecule has 8 heterocycles. The summed E-state index contributed by atoms with van der Waals surface area (Å²) >= 11 is 0. The Balaban J connectivity index is 0.982. The zero-order valence-corrected chi connectivity index (χ0v) is 43.4. The van der Waals surface area contributed by atoms with Gasteiger partial charge in [0.25, 0.3) is 17.1 Å². The number of nitrogens with one attached hydrogen (secondary N) is 2. The summed E-state index contributed by atoms with van der Waals surface area (Å²) in [7, 11) is -20.6. The molecule has 16 atom stereocenters. The Hall–Kier alpha value is -4.58. The van der Waals surface area contributed by atoms with Crippen LogP contribution in [0.15, 0.2) is 45.6 Å². The third-order valence-electron chi connectivity index (χ3n) is 12.2. The lowest BCUT2D eigenvalue weighted by molar-refractivity contribution is -0.745. The molecule has 420 valence electrons. The van der Waals surface area contributed by atoms with Gasteiger partial charge in [0.2, 0.25) is 11.7 Å². The molecule has 3 fully saturated rings. The largest absolute Gasteiger partial charge is 0.490 e. The molecule has 0 amide bonds. The summed E-state index contributed by atoms with van der Waals surface area (Å²) in [6.07, 6.45) is -10.6. The SMILES string of the molecule is CCCCO[C@@H]1[C@H](P(=O)(O)OC[C@H]2O[C@@H](n3ccc(=O)[nH]c3=O)[C@H](O)[C@@H]2O)[C@@H](COP(=O)(O)OP(=O)(O)OP(=O)(O)OC[C@H]2O[C@@H]([n+]3cn(C)c4c(=O)[nH]c(N)nc43)[C@H](O)[C@@H]2COC)O[C@H]1n1cnc2c(N)ncnc21. The Labute approximate surface area is 425 Å². The second-order valence-corrected chi connectivity index (χ2v) is 24.0. The van der Waals surface area contributed by atoms with E-state index in [9.17, 15) is 67.5 Å². The van der Waals surface area contributed by atoms with E-state index in [1.54, 1.807) is 6.92 Å². The number of nitrogens with two attached hydrogens (primary N) is 2. The van der Waals surface area contributed by atoms with Crippen LogP contribution in [0.4, 0.5) is 11.8 Å². The highest BCUT2D eigenvalue weighted by atomic mass is 31.3. The monoisotopic (exact) mass is 1160 g/mol. The predicted octanol–water partition coefficient (Wildman–Crippen LogP) is -2.74. The van der Waals surface area contributed by atoms with Crippen molar-refractivity contribution in [2.24, 2.45) is 13.0 Å². The van der Waals surface area contributed by atoms with Gasteiger partial charge in [-0.1, -0.05) is 18.3 Å². The number of hydrogen-bond donors (Lipinski definition) is 11. The number of aliphatic hydroxyl groups is 3. The van der Waals surface area contributed by atoms with E-state index in [1.165, 1.54) is 34.2 Å². The summed E-state index contributed by atoms with van der Waals surface area (Å²) in [5, 5.41) is 32.9. The third-order valence-corrected chi connectivity index (χ3v) is 18.4. The first-order valence-corrected chi connectivity index (χ1v) is 28.7. The minimum atomic E-state index is -6.20. The Morgan fingerprint density at radius 3 is 2.14 bits per heavy atom. The van der Waals surface area contributed by atoms with Crippen molar-refractivity contribution in [1.82, 2.24) is 43.6 Å². The summed E-state index contributed by atoms with van der Waals surface area (Å²) in [5.41, 5.74) is 7.41. The topological polar surface area (TPSA) is 507 Å². The highest BCUT2D eigenvalue weighted by Gasteiger charge is 2.58. The van der Waals surface area contributed by atoms with E-state index in [1.807, 2.05) is 4.98 Å². The van der Waals surface area contributed by atoms with E-state index >= 15 is 0 Å². The van der Waals surface area contributed by atoms with Gasteiger partial charge < -0.3 is 74.6 Å². The lowest BCUT2D eigenvalue weighted by Gasteiger charge is -2.29. The van der Waals surface area contributed by atoms with Gasteiger partial charge in [0.05, 0.1) is 45.9 Å². The molecule has 5 aromatic rings. The molecule has 0 bridgehead atoms. The van der Waals surface area contributed by atoms with Gasteiger partial charge in [-0.05, 0) is 6.42 Å². The molecule has 5 aromatic heterocycles. The maximum absolute atomic E-state index is 14.6. The molecular formula is C36H53N12O24P4+. The maximum Gasteiger partial charge on any atom is 0.490 e. The van der Waals surface area contributed by atoms with Crippen LogP contribution in [-0.2, 0) is 71.2 Å². The van der Waals surface area contributed by atoms with Crippen molar-refractivity contribution in [3.05, 3.63) is 62.4 Å². The molecule has 0 radical (unpaired) electrons. The van der Waals surface area contributed by atoms with Crippen LogP contribution in [0.25, 0.3) is 22.3 Å². The van der Waals surface area contributed by atoms with E-state index in [0.29, 0.717) is 12.8 Å². The predicted molar refractivity (Wildman–Crippen MR) is 250 cm³/mol. The number of aliphatic hydroxyl groups excluding tert-OH is 3. The van der Waals surface area contributed by atoms with Gasteiger partial charge in [-0.25, -0.2) is 38.0 Å². The Bertz CT molecular complexity index is 3300. The standard InChI is InChI=1S/C36H52N12O24P4/c1-4-5-8-64-26-27(73(55,56)65-11-18-24(51)25(52)33(69-18)46-7-6-20(49)42-36(46)54)19(70-34(26)47-14-41-21-28(37)39-13-40-29(21)47)12-67-75(59,60)72-76(61,62)71-74(57,58)66-10-17-16(9-63-3)23(50)32(68-17)48-15-45(2)22-30(48)43-35(38)44-31(22)53/h6-7,13-19,23-27,32-34,50-52H,4-5,8-12H2,1-3H3,(H9-,37,38,39,40,42,43,44,49,53,54,55,56,57,58,59,60,61,62)/p+1/t16-,17-,18-,19-,23-,24-,25-,26-,27-,32-,33-,34-/m1/s1. The number of phosphoric acid groups is 3. The van der Waals surface area contributed by atoms with Gasteiger partial charge >= 0.3 is 42.4 Å². The number of imidazole rings is 2. The second kappa shape index (κ2) is 22.6. The molecule has 3 aliphatic heterocycles. The number of aromatic amines is 2. The zero-order chi connectivity index (χ0) is 55.2. The molecule has 0 saturated carbocycles. The van der Waals surface area contributed by atoms with Gasteiger partial charge in [0, 0.05) is 31.9 Å². The molecule has 0 aliphatic carbocycles. The first-order valence-electron chi connectivity index (χ1n) is 22.5. The normalized spacial score (nSPS) is 30.1. The van der Waals surface area contributed by atoms with Crippen molar-refractivity contribution in [3.8, 4) is 0 Å². The number of aryl methyl sites for hydroxylation is 1. The van der Waals surface area contributed by atoms with Crippen LogP contribution in [0.2, 0.25) is 0 Å². The maximum atomic E-state index is 14.6. The highest BCUT2D eigenvalue weighted by molar-refractivity contribution is 7.66. The minimum Gasteiger partial charge on any atom is -0.387 e. The number of hydrogen-bond acceptors (Lipinski definition) is 26. The first-order chi connectivity index (χ1) is 35.7. The quantitative estimate of drug-likeness (QED) is 0.0180. The molecule has 76 heavy (non-hydrogen) atoms. The molecule has 36 nitrogen and oxygen atoms in total. The summed E-state index contributed by atoms with van der Waals surface area (Å²) in [5.74, 6) is -1.39. The van der Waals surface area contributed by atoms with Gasteiger partial charge in [0.15, 0.2) is 30.2 Å². The van der Waals surface area contributed by atoms with Crippen molar-refractivity contribution in [1.29, 1.82) is 0 Å². The van der Waals surface area contributed by atoms with Gasteiger partial charge in [0.1, 0.15) is 54.1 Å². The van der Waals surface area contributed by atoms with E-state index < -0.39 is 141 Å². The van der Waals surface area contributed by atoms with Crippen LogP contribution in [0, 0.1) is 5.92 Å². The zero-order valence-electron chi connectivity index (χ0n) is 39.9. The van der Waals surface area contributed by atoms with E-state index in [4.69, 9.17) is 48.7 Å². The number of phosphoric ester groups is 2. The van der Waals surface area contributed by atoms with Gasteiger partial charge in [-0.15, -0.1) is 0 Å². The number of ether oxygens (including phenoxy) is 5. The average molecular weight is 1160 g/mol. The number of methoxy groups -OCH3 is 1. The summed E-state index contributed by atoms with van der Waals surface area (Å²) in [6, 6.07) is 0.934. The number of aromatic nitrogens is 10. The lowest BCUT2D eigenvalue weighted by atomic mass is 9.99. The molecule has 13 N–H and O–H groups in total. The molecular weight excluding hydrogens is 1110 g/mol. The Morgan fingerprint density at radius 1 is 0.803 bits per heavy atom. The highest BCUT2D eigenvalue weighted by Crippen LogP contribution is 2.68. The van der Waals surface area contributed by atoms with Crippen LogP contribution in [0.3, 0.4) is 0 Å².